The first-order valence-electron chi connectivity index (χ1n) is 9.04. The third-order valence-corrected chi connectivity index (χ3v) is 4.84. The van der Waals surface area contributed by atoms with Crippen LogP contribution in [0.5, 0.6) is 5.75 Å². The van der Waals surface area contributed by atoms with Gasteiger partial charge in [0, 0.05) is 30.1 Å². The van der Waals surface area contributed by atoms with E-state index in [1.54, 1.807) is 25.6 Å². The van der Waals surface area contributed by atoms with Crippen molar-refractivity contribution in [2.45, 2.75) is 25.3 Å². The SMILES string of the molecule is COc1cccc(C(=O)N2CCCCC2c2nc(-c3ccncc3)n[nH]2)c1. The molecule has 0 aliphatic carbocycles. The summed E-state index contributed by atoms with van der Waals surface area (Å²) in [6.07, 6.45) is 6.32. The van der Waals surface area contributed by atoms with Crippen molar-refractivity contribution in [1.29, 1.82) is 0 Å². The van der Waals surface area contributed by atoms with Crippen molar-refractivity contribution < 1.29 is 9.53 Å². The summed E-state index contributed by atoms with van der Waals surface area (Å²) in [5.74, 6) is 2.00. The van der Waals surface area contributed by atoms with Gasteiger partial charge in [-0.3, -0.25) is 14.9 Å². The number of nitrogens with zero attached hydrogens (tertiary/aromatic N) is 4. The summed E-state index contributed by atoms with van der Waals surface area (Å²) in [5, 5.41) is 7.37. The number of rotatable bonds is 4. The third kappa shape index (κ3) is 3.53. The molecule has 1 N–H and O–H groups in total. The van der Waals surface area contributed by atoms with E-state index in [0.29, 0.717) is 23.7 Å². The number of carbonyl (C=O) groups excluding carboxylic acids is 1. The van der Waals surface area contributed by atoms with Gasteiger partial charge >= 0.3 is 0 Å². The number of H-pyrrole nitrogens is 1. The summed E-state index contributed by atoms with van der Waals surface area (Å²) >= 11 is 0. The summed E-state index contributed by atoms with van der Waals surface area (Å²) in [7, 11) is 1.60. The van der Waals surface area contributed by atoms with Gasteiger partial charge in [-0.25, -0.2) is 4.98 Å². The summed E-state index contributed by atoms with van der Waals surface area (Å²) < 4.78 is 5.25. The number of piperidine rings is 1. The van der Waals surface area contributed by atoms with Crippen LogP contribution in [0.2, 0.25) is 0 Å². The molecule has 3 aromatic rings. The second-order valence-corrected chi connectivity index (χ2v) is 6.52. The molecular formula is C20H21N5O2. The van der Waals surface area contributed by atoms with Crippen LogP contribution in [0, 0.1) is 0 Å². The molecule has 1 fully saturated rings. The van der Waals surface area contributed by atoms with Crippen LogP contribution in [-0.4, -0.2) is 44.6 Å². The molecule has 0 spiro atoms. The number of likely N-dealkylation sites (tertiary alicyclic amines) is 1. The molecule has 0 bridgehead atoms. The lowest BCUT2D eigenvalue weighted by atomic mass is 10.00. The number of hydrogen-bond donors (Lipinski definition) is 1. The average Bonchev–Trinajstić information content (AvgIpc) is 3.24. The van der Waals surface area contributed by atoms with Gasteiger partial charge in [0.1, 0.15) is 11.6 Å². The summed E-state index contributed by atoms with van der Waals surface area (Å²) in [6.45, 7) is 0.700. The van der Waals surface area contributed by atoms with Crippen molar-refractivity contribution in [2.24, 2.45) is 0 Å². The lowest BCUT2D eigenvalue weighted by molar-refractivity contribution is 0.0600. The Hall–Kier alpha value is -3.22. The molecule has 0 saturated carbocycles. The first-order chi connectivity index (χ1) is 13.3. The van der Waals surface area contributed by atoms with Gasteiger partial charge < -0.3 is 9.64 Å². The minimum absolute atomic E-state index is 0.0135. The lowest BCUT2D eigenvalue weighted by Gasteiger charge is -2.34. The Morgan fingerprint density at radius 1 is 1.22 bits per heavy atom. The highest BCUT2D eigenvalue weighted by Gasteiger charge is 2.31. The topological polar surface area (TPSA) is 84.0 Å². The Balaban J connectivity index is 1.61. The maximum Gasteiger partial charge on any atom is 0.254 e. The van der Waals surface area contributed by atoms with Crippen molar-refractivity contribution >= 4 is 5.91 Å². The van der Waals surface area contributed by atoms with Gasteiger partial charge in [0.25, 0.3) is 5.91 Å². The van der Waals surface area contributed by atoms with Crippen LogP contribution < -0.4 is 4.74 Å². The van der Waals surface area contributed by atoms with E-state index in [4.69, 9.17) is 4.74 Å². The molecular weight excluding hydrogens is 342 g/mol. The highest BCUT2D eigenvalue weighted by Crippen LogP contribution is 2.31. The molecule has 7 heteroatoms. The van der Waals surface area contributed by atoms with Crippen molar-refractivity contribution in [3.05, 3.63) is 60.2 Å². The minimum atomic E-state index is -0.111. The normalized spacial score (nSPS) is 16.9. The fraction of sp³-hybridized carbons (Fsp3) is 0.300. The van der Waals surface area contributed by atoms with E-state index in [1.165, 1.54) is 0 Å². The Bertz CT molecular complexity index is 925. The molecule has 1 aromatic carbocycles. The van der Waals surface area contributed by atoms with Crippen LogP contribution in [0.25, 0.3) is 11.4 Å². The number of aromatic nitrogens is 4. The van der Waals surface area contributed by atoms with Gasteiger partial charge in [-0.05, 0) is 49.6 Å². The van der Waals surface area contributed by atoms with Gasteiger partial charge in [0.05, 0.1) is 13.2 Å². The zero-order valence-corrected chi connectivity index (χ0v) is 15.1. The molecule has 3 heterocycles. The van der Waals surface area contributed by atoms with Gasteiger partial charge in [0.15, 0.2) is 5.82 Å². The van der Waals surface area contributed by atoms with Gasteiger partial charge in [-0.2, -0.15) is 5.10 Å². The molecule has 1 saturated heterocycles. The predicted molar refractivity (Wildman–Crippen MR) is 100 cm³/mol. The van der Waals surface area contributed by atoms with Crippen LogP contribution in [-0.2, 0) is 0 Å². The fourth-order valence-electron chi connectivity index (χ4n) is 3.43. The third-order valence-electron chi connectivity index (χ3n) is 4.84. The molecule has 1 amide bonds. The quantitative estimate of drug-likeness (QED) is 0.769. The highest BCUT2D eigenvalue weighted by molar-refractivity contribution is 5.95. The number of pyridine rings is 1. The van der Waals surface area contributed by atoms with E-state index >= 15 is 0 Å². The molecule has 2 aromatic heterocycles. The van der Waals surface area contributed by atoms with Gasteiger partial charge in [0.2, 0.25) is 0 Å². The Morgan fingerprint density at radius 2 is 2.07 bits per heavy atom. The second-order valence-electron chi connectivity index (χ2n) is 6.52. The summed E-state index contributed by atoms with van der Waals surface area (Å²) in [4.78, 5) is 23.7. The number of benzene rings is 1. The number of aromatic amines is 1. The second kappa shape index (κ2) is 7.57. The van der Waals surface area contributed by atoms with Crippen LogP contribution >= 0.6 is 0 Å². The molecule has 1 aliphatic heterocycles. The van der Waals surface area contributed by atoms with Crippen molar-refractivity contribution in [3.63, 3.8) is 0 Å². The van der Waals surface area contributed by atoms with Crippen LogP contribution in [0.1, 0.15) is 41.5 Å². The first kappa shape index (κ1) is 17.2. The van der Waals surface area contributed by atoms with Crippen LogP contribution in [0.4, 0.5) is 0 Å². The van der Waals surface area contributed by atoms with E-state index in [0.717, 1.165) is 30.7 Å². The Labute approximate surface area is 157 Å². The monoisotopic (exact) mass is 363 g/mol. The van der Waals surface area contributed by atoms with Crippen molar-refractivity contribution in [3.8, 4) is 17.1 Å². The summed E-state index contributed by atoms with van der Waals surface area (Å²) in [5.41, 5.74) is 1.52. The van der Waals surface area contributed by atoms with Gasteiger partial charge in [-0.15, -0.1) is 0 Å². The number of nitrogens with one attached hydrogen (secondary N) is 1. The van der Waals surface area contributed by atoms with Crippen LogP contribution in [0.15, 0.2) is 48.8 Å². The maximum absolute atomic E-state index is 13.1. The van der Waals surface area contributed by atoms with Crippen molar-refractivity contribution in [2.75, 3.05) is 13.7 Å². The largest absolute Gasteiger partial charge is 0.497 e. The molecule has 1 unspecified atom stereocenters. The molecule has 4 rings (SSSR count). The number of carbonyl (C=O) groups is 1. The molecule has 7 nitrogen and oxygen atoms in total. The lowest BCUT2D eigenvalue weighted by Crippen LogP contribution is -2.39. The maximum atomic E-state index is 13.1. The molecule has 0 radical (unpaired) electrons. The number of methoxy groups -OCH3 is 1. The number of amides is 1. The smallest absolute Gasteiger partial charge is 0.254 e. The Kier molecular flexibility index (Phi) is 4.82. The highest BCUT2D eigenvalue weighted by atomic mass is 16.5. The Morgan fingerprint density at radius 3 is 2.89 bits per heavy atom. The number of hydrogen-bond acceptors (Lipinski definition) is 5. The van der Waals surface area contributed by atoms with E-state index < -0.39 is 0 Å². The van der Waals surface area contributed by atoms with Crippen LogP contribution in [0.3, 0.4) is 0 Å². The number of ether oxygens (including phenoxy) is 1. The molecule has 1 atom stereocenters. The summed E-state index contributed by atoms with van der Waals surface area (Å²) in [6, 6.07) is 10.9. The standard InChI is InChI=1S/C20H21N5O2/c1-27-16-6-4-5-15(13-16)20(26)25-12-3-2-7-17(25)19-22-18(23-24-19)14-8-10-21-11-9-14/h4-6,8-11,13,17H,2-3,7,12H2,1H3,(H,22,23,24). The van der Waals surface area contributed by atoms with E-state index in [-0.39, 0.29) is 11.9 Å². The average molecular weight is 363 g/mol. The molecule has 27 heavy (non-hydrogen) atoms. The van der Waals surface area contributed by atoms with Crippen molar-refractivity contribution in [1.82, 2.24) is 25.1 Å². The predicted octanol–water partition coefficient (Wildman–Crippen LogP) is 3.24. The fourth-order valence-corrected chi connectivity index (χ4v) is 3.43. The van der Waals surface area contributed by atoms with E-state index in [9.17, 15) is 4.79 Å². The molecule has 138 valence electrons. The first-order valence-corrected chi connectivity index (χ1v) is 9.04. The van der Waals surface area contributed by atoms with Gasteiger partial charge in [-0.1, -0.05) is 6.07 Å². The zero-order valence-electron chi connectivity index (χ0n) is 15.1. The zero-order chi connectivity index (χ0) is 18.6. The molecule has 1 aliphatic rings. The van der Waals surface area contributed by atoms with E-state index in [1.807, 2.05) is 35.2 Å². The minimum Gasteiger partial charge on any atom is -0.497 e. The van der Waals surface area contributed by atoms with E-state index in [2.05, 4.69) is 20.2 Å².